The first-order chi connectivity index (χ1) is 20.1. The minimum absolute atomic E-state index is 0.000998. The number of amides is 1. The van der Waals surface area contributed by atoms with Crippen LogP contribution < -0.4 is 0 Å². The number of nitrogens with zero attached hydrogens (tertiary/aromatic N) is 4. The highest BCUT2D eigenvalue weighted by molar-refractivity contribution is 6.31. The average Bonchev–Trinajstić information content (AvgIpc) is 3.45. The Kier molecular flexibility index (Phi) is 9.16. The molecule has 1 amide bonds. The largest absolute Gasteiger partial charge is 0.394 e. The third-order valence-corrected chi connectivity index (χ3v) is 8.28. The summed E-state index contributed by atoms with van der Waals surface area (Å²) in [6.07, 6.45) is -3.43. The first kappa shape index (κ1) is 30.4. The molecule has 3 aromatic rings. The molecular formula is C28H30ClF3N4O6. The van der Waals surface area contributed by atoms with E-state index in [0.29, 0.717) is 35.6 Å². The van der Waals surface area contributed by atoms with E-state index in [1.807, 2.05) is 0 Å². The minimum atomic E-state index is -1.74. The second kappa shape index (κ2) is 12.7. The van der Waals surface area contributed by atoms with Crippen LogP contribution in [0.2, 0.25) is 5.02 Å². The van der Waals surface area contributed by atoms with Crippen LogP contribution in [-0.2, 0) is 16.1 Å². The van der Waals surface area contributed by atoms with Crippen LogP contribution in [-0.4, -0.2) is 89.4 Å². The Morgan fingerprint density at radius 2 is 1.76 bits per heavy atom. The molecule has 42 heavy (non-hydrogen) atoms. The maximum absolute atomic E-state index is 14.1. The van der Waals surface area contributed by atoms with Crippen molar-refractivity contribution in [3.05, 3.63) is 70.6 Å². The fraction of sp³-hybridized carbons (Fsp3) is 0.464. The van der Waals surface area contributed by atoms with Gasteiger partial charge in [-0.3, -0.25) is 4.79 Å². The summed E-state index contributed by atoms with van der Waals surface area (Å²) in [5.74, 6) is -5.25. The van der Waals surface area contributed by atoms with Crippen molar-refractivity contribution >= 4 is 17.5 Å². The van der Waals surface area contributed by atoms with E-state index in [1.54, 1.807) is 24.3 Å². The Hall–Kier alpha value is -3.07. The Morgan fingerprint density at radius 3 is 2.43 bits per heavy atom. The van der Waals surface area contributed by atoms with E-state index in [2.05, 4.69) is 10.3 Å². The van der Waals surface area contributed by atoms with Crippen LogP contribution >= 0.6 is 11.6 Å². The van der Waals surface area contributed by atoms with Crippen molar-refractivity contribution < 1.29 is 43.1 Å². The highest BCUT2D eigenvalue weighted by atomic mass is 35.5. The van der Waals surface area contributed by atoms with Crippen molar-refractivity contribution in [2.24, 2.45) is 0 Å². The van der Waals surface area contributed by atoms with Gasteiger partial charge in [0.05, 0.1) is 24.9 Å². The molecule has 4 N–H and O–H groups in total. The van der Waals surface area contributed by atoms with Crippen LogP contribution in [0.4, 0.5) is 13.2 Å². The number of halogens is 4. The van der Waals surface area contributed by atoms with Gasteiger partial charge in [0.25, 0.3) is 5.91 Å². The standard InChI is InChI=1S/C28H30ClF3N4O6/c29-16-6-2-1-5-14(16)11-35(20-7-3-4-8-21(20)38)28(41)27-26(40)24(25(39)22(13-37)42-27)36-12-19(33-34-36)15-9-17(30)23(32)18(31)10-15/h1-2,5-6,9-10,12,20-22,24-27,37-40H,3-4,7-8,11,13H2/t20-,21-,22+,24-,25-,26+,27+/m0/s1. The van der Waals surface area contributed by atoms with Gasteiger partial charge in [0.15, 0.2) is 23.6 Å². The number of rotatable bonds is 7. The predicted octanol–water partition coefficient (Wildman–Crippen LogP) is 2.37. The van der Waals surface area contributed by atoms with Gasteiger partial charge in [-0.2, -0.15) is 0 Å². The molecule has 1 saturated carbocycles. The zero-order valence-electron chi connectivity index (χ0n) is 22.2. The number of carbonyl (C=O) groups excluding carboxylic acids is 1. The number of ether oxygens (including phenoxy) is 1. The van der Waals surface area contributed by atoms with Crippen molar-refractivity contribution in [1.82, 2.24) is 19.9 Å². The number of carbonyl (C=O) groups is 1. The maximum Gasteiger partial charge on any atom is 0.255 e. The number of benzene rings is 2. The highest BCUT2D eigenvalue weighted by Gasteiger charge is 2.50. The fourth-order valence-corrected chi connectivity index (χ4v) is 5.86. The van der Waals surface area contributed by atoms with Crippen LogP contribution in [0.25, 0.3) is 11.3 Å². The molecule has 1 aromatic heterocycles. The third-order valence-electron chi connectivity index (χ3n) is 7.91. The zero-order valence-corrected chi connectivity index (χ0v) is 23.0. The lowest BCUT2D eigenvalue weighted by molar-refractivity contribution is -0.214. The normalized spacial score (nSPS) is 28.0. The summed E-state index contributed by atoms with van der Waals surface area (Å²) in [6.45, 7) is -0.723. The van der Waals surface area contributed by atoms with Crippen molar-refractivity contribution in [2.45, 2.75) is 74.8 Å². The minimum Gasteiger partial charge on any atom is -0.394 e. The molecule has 0 bridgehead atoms. The summed E-state index contributed by atoms with van der Waals surface area (Å²) in [5.41, 5.74) is 0.343. The number of hydrogen-bond acceptors (Lipinski definition) is 8. The molecule has 14 heteroatoms. The van der Waals surface area contributed by atoms with Gasteiger partial charge in [-0.15, -0.1) is 5.10 Å². The van der Waals surface area contributed by atoms with Gasteiger partial charge in [0.1, 0.15) is 30.0 Å². The first-order valence-electron chi connectivity index (χ1n) is 13.5. The average molecular weight is 611 g/mol. The van der Waals surface area contributed by atoms with E-state index in [0.717, 1.165) is 23.7 Å². The molecule has 2 fully saturated rings. The summed E-state index contributed by atoms with van der Waals surface area (Å²) >= 11 is 6.38. The third kappa shape index (κ3) is 5.90. The van der Waals surface area contributed by atoms with E-state index < -0.39 is 72.6 Å². The Balaban J connectivity index is 1.48. The fourth-order valence-electron chi connectivity index (χ4n) is 5.66. The number of aliphatic hydroxyl groups is 4. The smallest absolute Gasteiger partial charge is 0.255 e. The summed E-state index contributed by atoms with van der Waals surface area (Å²) < 4.78 is 47.8. The monoisotopic (exact) mass is 610 g/mol. The van der Waals surface area contributed by atoms with E-state index >= 15 is 0 Å². The van der Waals surface area contributed by atoms with Crippen molar-refractivity contribution in [3.63, 3.8) is 0 Å². The topological polar surface area (TPSA) is 141 Å². The van der Waals surface area contributed by atoms with Crippen molar-refractivity contribution in [3.8, 4) is 11.3 Å². The molecule has 5 rings (SSSR count). The number of hydrogen-bond donors (Lipinski definition) is 4. The number of aromatic nitrogens is 3. The molecule has 1 aliphatic carbocycles. The summed E-state index contributed by atoms with van der Waals surface area (Å²) in [6, 6.07) is 6.32. The lowest BCUT2D eigenvalue weighted by atomic mass is 9.88. The van der Waals surface area contributed by atoms with Crippen LogP contribution in [0.3, 0.4) is 0 Å². The van der Waals surface area contributed by atoms with E-state index in [9.17, 15) is 38.4 Å². The van der Waals surface area contributed by atoms with Gasteiger partial charge in [-0.05, 0) is 36.6 Å². The quantitative estimate of drug-likeness (QED) is 0.299. The van der Waals surface area contributed by atoms with E-state index in [-0.39, 0.29) is 17.8 Å². The Morgan fingerprint density at radius 1 is 1.07 bits per heavy atom. The molecule has 0 spiro atoms. The molecule has 10 nitrogen and oxygen atoms in total. The molecule has 2 aromatic carbocycles. The molecule has 1 saturated heterocycles. The molecule has 2 aliphatic rings. The summed E-state index contributed by atoms with van der Waals surface area (Å²) in [7, 11) is 0. The van der Waals surface area contributed by atoms with Gasteiger partial charge in [-0.1, -0.05) is 47.9 Å². The molecule has 0 radical (unpaired) electrons. The summed E-state index contributed by atoms with van der Waals surface area (Å²) in [4.78, 5) is 15.5. The maximum atomic E-state index is 14.1. The van der Waals surface area contributed by atoms with Crippen LogP contribution in [0.5, 0.6) is 0 Å². The Labute approximate surface area is 243 Å². The van der Waals surface area contributed by atoms with Gasteiger partial charge in [0.2, 0.25) is 0 Å². The van der Waals surface area contributed by atoms with Crippen molar-refractivity contribution in [2.75, 3.05) is 6.61 Å². The van der Waals surface area contributed by atoms with Crippen LogP contribution in [0.1, 0.15) is 37.3 Å². The molecule has 7 atom stereocenters. The molecular weight excluding hydrogens is 581 g/mol. The lowest BCUT2D eigenvalue weighted by Crippen LogP contribution is -2.62. The van der Waals surface area contributed by atoms with E-state index in [1.165, 1.54) is 4.90 Å². The van der Waals surface area contributed by atoms with Crippen molar-refractivity contribution in [1.29, 1.82) is 0 Å². The van der Waals surface area contributed by atoms with Gasteiger partial charge < -0.3 is 30.1 Å². The van der Waals surface area contributed by atoms with E-state index in [4.69, 9.17) is 16.3 Å². The second-order valence-electron chi connectivity index (χ2n) is 10.6. The van der Waals surface area contributed by atoms with Gasteiger partial charge >= 0.3 is 0 Å². The summed E-state index contributed by atoms with van der Waals surface area (Å²) in [5, 5.41) is 51.3. The predicted molar refractivity (Wildman–Crippen MR) is 142 cm³/mol. The number of aliphatic hydroxyl groups excluding tert-OH is 4. The molecule has 1 aliphatic heterocycles. The molecule has 226 valence electrons. The lowest BCUT2D eigenvalue weighted by Gasteiger charge is -2.45. The SMILES string of the molecule is O=C([C@@H]1O[C@H](CO)[C@H](O)[C@H](n2cc(-c3cc(F)c(F)c(F)c3)nn2)[C@H]1O)N(Cc1ccccc1Cl)[C@H]1CCCC[C@@H]1O. The Bertz CT molecular complexity index is 1410. The highest BCUT2D eigenvalue weighted by Crippen LogP contribution is 2.34. The first-order valence-corrected chi connectivity index (χ1v) is 13.9. The van der Waals surface area contributed by atoms with Gasteiger partial charge in [-0.25, -0.2) is 17.9 Å². The zero-order chi connectivity index (χ0) is 30.1. The molecule has 2 heterocycles. The molecule has 0 unspecified atom stereocenters. The van der Waals surface area contributed by atoms with Crippen LogP contribution in [0.15, 0.2) is 42.6 Å². The van der Waals surface area contributed by atoms with Gasteiger partial charge in [0, 0.05) is 17.1 Å². The van der Waals surface area contributed by atoms with Crippen LogP contribution in [0, 0.1) is 17.5 Å². The second-order valence-corrected chi connectivity index (χ2v) is 11.0.